The van der Waals surface area contributed by atoms with Crippen molar-refractivity contribution < 1.29 is 9.47 Å². The molecule has 2 N–H and O–H groups in total. The number of nitrogens with one attached hydrogen (secondary N) is 2. The molecule has 1 aliphatic heterocycles. The molecule has 2 heterocycles. The largest absolute Gasteiger partial charge is 0.454 e. The van der Waals surface area contributed by atoms with Gasteiger partial charge in [-0.15, -0.1) is 35.3 Å². The molecule has 0 bridgehead atoms. The van der Waals surface area contributed by atoms with Gasteiger partial charge in [0.05, 0.1) is 11.0 Å². The van der Waals surface area contributed by atoms with E-state index in [0.29, 0.717) is 13.1 Å². The van der Waals surface area contributed by atoms with E-state index in [2.05, 4.69) is 43.5 Å². The van der Waals surface area contributed by atoms with E-state index >= 15 is 0 Å². The zero-order chi connectivity index (χ0) is 16.9. The van der Waals surface area contributed by atoms with Gasteiger partial charge < -0.3 is 20.1 Å². The Labute approximate surface area is 176 Å². The van der Waals surface area contributed by atoms with Crippen LogP contribution < -0.4 is 20.1 Å². The fourth-order valence-electron chi connectivity index (χ4n) is 2.28. The second kappa shape index (κ2) is 9.58. The molecular weight excluding hydrogens is 519 g/mol. The van der Waals surface area contributed by atoms with Gasteiger partial charge in [0, 0.05) is 24.7 Å². The summed E-state index contributed by atoms with van der Waals surface area (Å²) in [6.45, 7) is 3.69. The third-order valence-electron chi connectivity index (χ3n) is 3.53. The Bertz CT molecular complexity index is 754. The van der Waals surface area contributed by atoms with Crippen LogP contribution in [0.1, 0.15) is 22.4 Å². The summed E-state index contributed by atoms with van der Waals surface area (Å²) in [6.07, 6.45) is 2.95. The molecule has 25 heavy (non-hydrogen) atoms. The molecule has 0 aliphatic carbocycles. The number of hydrogen-bond donors (Lipinski definition) is 2. The number of hydrogen-bond acceptors (Lipinski definition) is 5. The van der Waals surface area contributed by atoms with E-state index in [-0.39, 0.29) is 30.8 Å². The first-order valence-electron chi connectivity index (χ1n) is 7.65. The predicted octanol–water partition coefficient (Wildman–Crippen LogP) is 3.68. The van der Waals surface area contributed by atoms with Crippen LogP contribution in [0.25, 0.3) is 0 Å². The van der Waals surface area contributed by atoms with Crippen LogP contribution in [-0.2, 0) is 19.5 Å². The first-order chi connectivity index (χ1) is 11.7. The Morgan fingerprint density at radius 1 is 1.32 bits per heavy atom. The maximum Gasteiger partial charge on any atom is 0.231 e. The molecule has 0 amide bonds. The van der Waals surface area contributed by atoms with Crippen LogP contribution in [0.2, 0.25) is 0 Å². The molecule has 0 atom stereocenters. The van der Waals surface area contributed by atoms with E-state index in [0.717, 1.165) is 38.9 Å². The maximum atomic E-state index is 5.44. The van der Waals surface area contributed by atoms with Crippen molar-refractivity contribution in [2.75, 3.05) is 13.8 Å². The Kier molecular flexibility index (Phi) is 7.76. The smallest absolute Gasteiger partial charge is 0.231 e. The molecule has 0 spiro atoms. The number of halogens is 2. The van der Waals surface area contributed by atoms with Gasteiger partial charge in [0.1, 0.15) is 5.01 Å². The minimum absolute atomic E-state index is 0. The van der Waals surface area contributed by atoms with Crippen molar-refractivity contribution >= 4 is 57.2 Å². The number of aryl methyl sites for hydroxylation is 1. The van der Waals surface area contributed by atoms with Crippen LogP contribution in [0.5, 0.6) is 11.5 Å². The fourth-order valence-corrected chi connectivity index (χ4v) is 3.69. The van der Waals surface area contributed by atoms with Crippen molar-refractivity contribution in [2.24, 2.45) is 4.99 Å². The summed E-state index contributed by atoms with van der Waals surface area (Å²) < 4.78 is 11.7. The predicted molar refractivity (Wildman–Crippen MR) is 114 cm³/mol. The third kappa shape index (κ3) is 5.20. The van der Waals surface area contributed by atoms with Gasteiger partial charge in [-0.25, -0.2) is 4.98 Å². The number of fused-ring (bicyclic) bond motifs is 1. The number of aliphatic imine (C=N–C) groups is 1. The van der Waals surface area contributed by atoms with Gasteiger partial charge in [-0.1, -0.05) is 6.92 Å². The second-order valence-corrected chi connectivity index (χ2v) is 7.22. The zero-order valence-corrected chi connectivity index (χ0v) is 18.7. The zero-order valence-electron chi connectivity index (χ0n) is 14.0. The minimum Gasteiger partial charge on any atom is -0.454 e. The third-order valence-corrected chi connectivity index (χ3v) is 5.26. The van der Waals surface area contributed by atoms with Crippen LogP contribution in [0.15, 0.2) is 27.8 Å². The molecule has 0 radical (unpaired) electrons. The van der Waals surface area contributed by atoms with Crippen molar-refractivity contribution in [1.29, 1.82) is 0 Å². The van der Waals surface area contributed by atoms with Crippen LogP contribution in [0.3, 0.4) is 0 Å². The standard InChI is InChI=1S/C16H19BrN4O2S.HI/c1-3-11-7-19-14(24-11)8-21-16(18-2)20-6-10-4-12(17)15-13(5-10)22-9-23-15;/h4-5,7H,3,6,8-9H2,1-2H3,(H2,18,20,21);1H. The van der Waals surface area contributed by atoms with Crippen LogP contribution in [-0.4, -0.2) is 24.8 Å². The van der Waals surface area contributed by atoms with Crippen LogP contribution in [0, 0.1) is 0 Å². The molecule has 1 aromatic heterocycles. The number of nitrogens with zero attached hydrogens (tertiary/aromatic N) is 2. The fraction of sp³-hybridized carbons (Fsp3) is 0.375. The summed E-state index contributed by atoms with van der Waals surface area (Å²) in [5.74, 6) is 2.26. The summed E-state index contributed by atoms with van der Waals surface area (Å²) in [4.78, 5) is 9.93. The lowest BCUT2D eigenvalue weighted by Crippen LogP contribution is -2.36. The van der Waals surface area contributed by atoms with E-state index in [1.165, 1.54) is 4.88 Å². The molecule has 1 aliphatic rings. The minimum atomic E-state index is 0. The van der Waals surface area contributed by atoms with Gasteiger partial charge in [-0.2, -0.15) is 0 Å². The molecule has 0 saturated heterocycles. The van der Waals surface area contributed by atoms with Crippen LogP contribution >= 0.6 is 51.2 Å². The highest BCUT2D eigenvalue weighted by molar-refractivity contribution is 14.0. The molecule has 0 saturated carbocycles. The molecular formula is C16H20BrIN4O2S. The molecule has 6 nitrogen and oxygen atoms in total. The number of guanidine groups is 1. The van der Waals surface area contributed by atoms with Crippen molar-refractivity contribution in [1.82, 2.24) is 15.6 Å². The van der Waals surface area contributed by atoms with Gasteiger partial charge in [-0.05, 0) is 40.0 Å². The van der Waals surface area contributed by atoms with Gasteiger partial charge in [0.15, 0.2) is 17.5 Å². The lowest BCUT2D eigenvalue weighted by atomic mass is 10.2. The Hall–Kier alpha value is -1.07. The number of thiazole rings is 1. The number of aromatic nitrogens is 1. The highest BCUT2D eigenvalue weighted by Gasteiger charge is 2.17. The molecule has 2 aromatic rings. The van der Waals surface area contributed by atoms with E-state index in [9.17, 15) is 0 Å². The van der Waals surface area contributed by atoms with Gasteiger partial charge in [0.25, 0.3) is 0 Å². The molecule has 3 rings (SSSR count). The molecule has 0 unspecified atom stereocenters. The highest BCUT2D eigenvalue weighted by atomic mass is 127. The lowest BCUT2D eigenvalue weighted by Gasteiger charge is -2.11. The average Bonchev–Trinajstić information content (AvgIpc) is 3.24. The van der Waals surface area contributed by atoms with Crippen molar-refractivity contribution in [3.63, 3.8) is 0 Å². The van der Waals surface area contributed by atoms with Crippen LogP contribution in [0.4, 0.5) is 0 Å². The summed E-state index contributed by atoms with van der Waals surface area (Å²) in [5, 5.41) is 7.63. The molecule has 136 valence electrons. The highest BCUT2D eigenvalue weighted by Crippen LogP contribution is 2.39. The Morgan fingerprint density at radius 3 is 2.84 bits per heavy atom. The average molecular weight is 539 g/mol. The van der Waals surface area contributed by atoms with Gasteiger partial charge in [-0.3, -0.25) is 4.99 Å². The molecule has 0 fully saturated rings. The van der Waals surface area contributed by atoms with E-state index in [1.807, 2.05) is 18.3 Å². The second-order valence-electron chi connectivity index (χ2n) is 5.16. The van der Waals surface area contributed by atoms with E-state index in [4.69, 9.17) is 9.47 Å². The Morgan fingerprint density at radius 2 is 2.12 bits per heavy atom. The van der Waals surface area contributed by atoms with Crippen molar-refractivity contribution in [3.05, 3.63) is 38.3 Å². The van der Waals surface area contributed by atoms with Gasteiger partial charge >= 0.3 is 0 Å². The quantitative estimate of drug-likeness (QED) is 0.345. The van der Waals surface area contributed by atoms with Crippen molar-refractivity contribution in [3.8, 4) is 11.5 Å². The summed E-state index contributed by atoms with van der Waals surface area (Å²) >= 11 is 5.23. The number of benzene rings is 1. The number of rotatable bonds is 5. The summed E-state index contributed by atoms with van der Waals surface area (Å²) in [5.41, 5.74) is 1.08. The summed E-state index contributed by atoms with van der Waals surface area (Å²) in [6, 6.07) is 3.99. The Balaban J connectivity index is 0.00000225. The monoisotopic (exact) mass is 538 g/mol. The van der Waals surface area contributed by atoms with E-state index in [1.54, 1.807) is 18.4 Å². The molecule has 1 aromatic carbocycles. The van der Waals surface area contributed by atoms with Gasteiger partial charge in [0.2, 0.25) is 6.79 Å². The van der Waals surface area contributed by atoms with E-state index < -0.39 is 0 Å². The topological polar surface area (TPSA) is 67.8 Å². The normalized spacial score (nSPS) is 12.7. The summed E-state index contributed by atoms with van der Waals surface area (Å²) in [7, 11) is 1.75. The first kappa shape index (κ1) is 20.2. The van der Waals surface area contributed by atoms with Crippen molar-refractivity contribution in [2.45, 2.75) is 26.4 Å². The maximum absolute atomic E-state index is 5.44. The number of ether oxygens (including phenoxy) is 2. The SMILES string of the molecule is CCc1cnc(CNC(=NC)NCc2cc(Br)c3c(c2)OCO3)s1.I. The first-order valence-corrected chi connectivity index (χ1v) is 9.26. The molecule has 9 heteroatoms. The lowest BCUT2D eigenvalue weighted by molar-refractivity contribution is 0.173.